The number of nitrogens with zero attached hydrogens (tertiary/aromatic N) is 2. The summed E-state index contributed by atoms with van der Waals surface area (Å²) in [4.78, 5) is 25.4. The van der Waals surface area contributed by atoms with Crippen LogP contribution in [0.4, 0.5) is 11.4 Å². The van der Waals surface area contributed by atoms with Gasteiger partial charge in [-0.15, -0.1) is 0 Å². The summed E-state index contributed by atoms with van der Waals surface area (Å²) in [5.74, 6) is 0.782. The molecule has 7 heteroatoms. The van der Waals surface area contributed by atoms with Crippen molar-refractivity contribution in [3.05, 3.63) is 64.2 Å². The highest BCUT2D eigenvalue weighted by molar-refractivity contribution is 5.79. The van der Waals surface area contributed by atoms with E-state index in [-0.39, 0.29) is 28.5 Å². The van der Waals surface area contributed by atoms with E-state index in [9.17, 15) is 14.9 Å². The first-order chi connectivity index (χ1) is 13.9. The average molecular weight is 397 g/mol. The van der Waals surface area contributed by atoms with Crippen LogP contribution in [0.15, 0.2) is 48.5 Å². The Morgan fingerprint density at radius 1 is 1.17 bits per heavy atom. The molecule has 0 unspecified atom stereocenters. The van der Waals surface area contributed by atoms with Crippen molar-refractivity contribution < 1.29 is 14.5 Å². The fourth-order valence-electron chi connectivity index (χ4n) is 3.56. The van der Waals surface area contributed by atoms with Gasteiger partial charge in [0.15, 0.2) is 0 Å². The Morgan fingerprint density at radius 2 is 1.83 bits per heavy atom. The number of nitrogens with one attached hydrogen (secondary N) is 1. The molecule has 0 saturated carbocycles. The molecule has 0 spiro atoms. The Kier molecular flexibility index (Phi) is 6.69. The molecule has 1 saturated heterocycles. The first kappa shape index (κ1) is 20.6. The average Bonchev–Trinajstić information content (AvgIpc) is 2.72. The third-order valence-corrected chi connectivity index (χ3v) is 5.05. The van der Waals surface area contributed by atoms with Crippen LogP contribution < -0.4 is 15.0 Å². The summed E-state index contributed by atoms with van der Waals surface area (Å²) < 4.78 is 5.63. The van der Waals surface area contributed by atoms with Crippen molar-refractivity contribution in [2.75, 3.05) is 18.0 Å². The van der Waals surface area contributed by atoms with Crippen LogP contribution in [0.25, 0.3) is 0 Å². The molecule has 154 valence electrons. The highest BCUT2D eigenvalue weighted by Gasteiger charge is 2.27. The number of hydrogen-bond acceptors (Lipinski definition) is 5. The van der Waals surface area contributed by atoms with Gasteiger partial charge in [-0.25, -0.2) is 0 Å². The highest BCUT2D eigenvalue weighted by Crippen LogP contribution is 2.31. The topological polar surface area (TPSA) is 84.7 Å². The van der Waals surface area contributed by atoms with Crippen LogP contribution in [0, 0.1) is 16.0 Å². The highest BCUT2D eigenvalue weighted by atomic mass is 16.6. The zero-order chi connectivity index (χ0) is 20.8. The first-order valence-electron chi connectivity index (χ1n) is 9.95. The molecule has 1 aliphatic heterocycles. The molecule has 1 heterocycles. The van der Waals surface area contributed by atoms with E-state index in [1.807, 2.05) is 43.0 Å². The third-order valence-electron chi connectivity index (χ3n) is 5.05. The second-order valence-electron chi connectivity index (χ2n) is 7.54. The van der Waals surface area contributed by atoms with Gasteiger partial charge in [0.2, 0.25) is 5.91 Å². The molecule has 0 radical (unpaired) electrons. The summed E-state index contributed by atoms with van der Waals surface area (Å²) in [7, 11) is 0. The van der Waals surface area contributed by atoms with Gasteiger partial charge in [0.1, 0.15) is 11.4 Å². The van der Waals surface area contributed by atoms with E-state index in [4.69, 9.17) is 4.74 Å². The molecule has 0 atom stereocenters. The quantitative estimate of drug-likeness (QED) is 0.565. The molecule has 0 aromatic heterocycles. The lowest BCUT2D eigenvalue weighted by Crippen LogP contribution is -2.40. The summed E-state index contributed by atoms with van der Waals surface area (Å²) in [5, 5.41) is 14.2. The van der Waals surface area contributed by atoms with Gasteiger partial charge in [-0.05, 0) is 50.5 Å². The second-order valence-corrected chi connectivity index (χ2v) is 7.54. The van der Waals surface area contributed by atoms with Gasteiger partial charge in [-0.1, -0.05) is 24.3 Å². The number of hydrogen-bond donors (Lipinski definition) is 1. The van der Waals surface area contributed by atoms with E-state index >= 15 is 0 Å². The lowest BCUT2D eigenvalue weighted by atomic mass is 9.95. The Morgan fingerprint density at radius 3 is 2.45 bits per heavy atom. The number of benzene rings is 2. The van der Waals surface area contributed by atoms with Crippen LogP contribution >= 0.6 is 0 Å². The zero-order valence-electron chi connectivity index (χ0n) is 16.8. The van der Waals surface area contributed by atoms with Crippen molar-refractivity contribution in [1.82, 2.24) is 5.32 Å². The number of nitro benzene ring substituents is 1. The SMILES string of the molecule is CC(C)Oc1ccc(CNC(=O)C2CCN(c3ccccc3[N+](=O)[O-])CC2)cc1. The number of amides is 1. The van der Waals surface area contributed by atoms with Gasteiger partial charge >= 0.3 is 0 Å². The van der Waals surface area contributed by atoms with Crippen molar-refractivity contribution in [2.24, 2.45) is 5.92 Å². The lowest BCUT2D eigenvalue weighted by molar-refractivity contribution is -0.384. The largest absolute Gasteiger partial charge is 0.491 e. The predicted octanol–water partition coefficient (Wildman–Crippen LogP) is 3.91. The minimum atomic E-state index is -0.356. The van der Waals surface area contributed by atoms with Crippen LogP contribution in [0.1, 0.15) is 32.3 Å². The summed E-state index contributed by atoms with van der Waals surface area (Å²) >= 11 is 0. The second kappa shape index (κ2) is 9.41. The number of piperidine rings is 1. The molecule has 1 fully saturated rings. The maximum absolute atomic E-state index is 12.5. The minimum Gasteiger partial charge on any atom is -0.491 e. The van der Waals surface area contributed by atoms with Crippen LogP contribution in [-0.2, 0) is 11.3 Å². The monoisotopic (exact) mass is 397 g/mol. The first-order valence-corrected chi connectivity index (χ1v) is 9.95. The molecule has 1 N–H and O–H groups in total. The van der Waals surface area contributed by atoms with Gasteiger partial charge in [0.05, 0.1) is 11.0 Å². The zero-order valence-corrected chi connectivity index (χ0v) is 16.8. The summed E-state index contributed by atoms with van der Waals surface area (Å²) in [6, 6.07) is 14.5. The molecule has 29 heavy (non-hydrogen) atoms. The van der Waals surface area contributed by atoms with Crippen LogP contribution in [0.3, 0.4) is 0 Å². The van der Waals surface area contributed by atoms with Crippen molar-refractivity contribution in [2.45, 2.75) is 39.3 Å². The molecule has 1 aliphatic rings. The fourth-order valence-corrected chi connectivity index (χ4v) is 3.56. The molecular weight excluding hydrogens is 370 g/mol. The Hall–Kier alpha value is -3.09. The fraction of sp³-hybridized carbons (Fsp3) is 0.409. The maximum atomic E-state index is 12.5. The minimum absolute atomic E-state index is 0.0368. The number of nitro groups is 1. The number of rotatable bonds is 7. The van der Waals surface area contributed by atoms with Crippen molar-refractivity contribution in [1.29, 1.82) is 0 Å². The smallest absolute Gasteiger partial charge is 0.292 e. The van der Waals surface area contributed by atoms with Gasteiger partial charge < -0.3 is 15.0 Å². The molecule has 1 amide bonds. The molecule has 0 aliphatic carbocycles. The molecule has 0 bridgehead atoms. The maximum Gasteiger partial charge on any atom is 0.292 e. The number of carbonyl (C=O) groups is 1. The molecule has 3 rings (SSSR count). The summed E-state index contributed by atoms with van der Waals surface area (Å²) in [6.45, 7) is 5.70. The van der Waals surface area contributed by atoms with Crippen LogP contribution in [0.2, 0.25) is 0 Å². The van der Waals surface area contributed by atoms with Crippen LogP contribution in [0.5, 0.6) is 5.75 Å². The Balaban J connectivity index is 1.50. The molecule has 2 aromatic rings. The van der Waals surface area contributed by atoms with E-state index in [1.165, 1.54) is 6.07 Å². The predicted molar refractivity (Wildman–Crippen MR) is 112 cm³/mol. The van der Waals surface area contributed by atoms with E-state index in [0.29, 0.717) is 38.2 Å². The van der Waals surface area contributed by atoms with Crippen LogP contribution in [-0.4, -0.2) is 30.0 Å². The number of para-hydroxylation sites is 2. The molecular formula is C22H27N3O4. The van der Waals surface area contributed by atoms with Gasteiger partial charge in [0.25, 0.3) is 5.69 Å². The Labute approximate surface area is 170 Å². The van der Waals surface area contributed by atoms with E-state index < -0.39 is 0 Å². The summed E-state index contributed by atoms with van der Waals surface area (Å²) in [6.07, 6.45) is 1.49. The van der Waals surface area contributed by atoms with Gasteiger partial charge in [-0.2, -0.15) is 0 Å². The third kappa shape index (κ3) is 5.47. The number of carbonyl (C=O) groups excluding carboxylic acids is 1. The van der Waals surface area contributed by atoms with Gasteiger partial charge in [0, 0.05) is 31.6 Å². The Bertz CT molecular complexity index is 843. The van der Waals surface area contributed by atoms with E-state index in [1.54, 1.807) is 18.2 Å². The van der Waals surface area contributed by atoms with Gasteiger partial charge in [-0.3, -0.25) is 14.9 Å². The van der Waals surface area contributed by atoms with Crippen molar-refractivity contribution >= 4 is 17.3 Å². The van der Waals surface area contributed by atoms with E-state index in [2.05, 4.69) is 5.32 Å². The number of anilines is 1. The van der Waals surface area contributed by atoms with Crippen molar-refractivity contribution in [3.8, 4) is 5.75 Å². The standard InChI is InChI=1S/C22H27N3O4/c1-16(2)29-19-9-7-17(8-10-19)15-23-22(26)18-11-13-24(14-12-18)20-5-3-4-6-21(20)25(27)28/h3-10,16,18H,11-15H2,1-2H3,(H,23,26). The van der Waals surface area contributed by atoms with E-state index in [0.717, 1.165) is 11.3 Å². The van der Waals surface area contributed by atoms with Crippen molar-refractivity contribution in [3.63, 3.8) is 0 Å². The lowest BCUT2D eigenvalue weighted by Gasteiger charge is -2.32. The molecule has 7 nitrogen and oxygen atoms in total. The summed E-state index contributed by atoms with van der Waals surface area (Å²) in [5.41, 5.74) is 1.76. The normalized spacial score (nSPS) is 14.7. The number of ether oxygens (including phenoxy) is 1. The molecule has 2 aromatic carbocycles.